The van der Waals surface area contributed by atoms with Crippen LogP contribution in [0.15, 0.2) is 29.8 Å². The second kappa shape index (κ2) is 5.39. The summed E-state index contributed by atoms with van der Waals surface area (Å²) in [6.45, 7) is 3.61. The second-order valence-electron chi connectivity index (χ2n) is 4.68. The summed E-state index contributed by atoms with van der Waals surface area (Å²) < 4.78 is 0. The zero-order chi connectivity index (χ0) is 13.9. The molecule has 0 amide bonds. The summed E-state index contributed by atoms with van der Waals surface area (Å²) in [6.07, 6.45) is 1.83. The molecule has 1 aliphatic rings. The van der Waals surface area contributed by atoms with Crippen molar-refractivity contribution in [2.24, 2.45) is 0 Å². The Labute approximate surface area is 121 Å². The summed E-state index contributed by atoms with van der Waals surface area (Å²) in [6, 6.07) is 7.75. The van der Waals surface area contributed by atoms with Gasteiger partial charge in [0.05, 0.1) is 11.3 Å². The first-order valence-electron chi connectivity index (χ1n) is 6.47. The van der Waals surface area contributed by atoms with E-state index in [9.17, 15) is 5.26 Å². The second-order valence-corrected chi connectivity index (χ2v) is 5.55. The molecule has 0 radical (unpaired) electrons. The van der Waals surface area contributed by atoms with Gasteiger partial charge >= 0.3 is 0 Å². The highest BCUT2D eigenvalue weighted by Crippen LogP contribution is 2.25. The van der Waals surface area contributed by atoms with E-state index in [0.717, 1.165) is 37.0 Å². The van der Waals surface area contributed by atoms with Gasteiger partial charge in [0.25, 0.3) is 0 Å². The molecule has 0 aliphatic carbocycles. The Hall–Kier alpha value is -2.26. The van der Waals surface area contributed by atoms with Gasteiger partial charge < -0.3 is 15.5 Å². The van der Waals surface area contributed by atoms with Crippen LogP contribution in [0.25, 0.3) is 0 Å². The maximum Gasteiger partial charge on any atom is 0.185 e. The van der Waals surface area contributed by atoms with E-state index in [4.69, 9.17) is 5.73 Å². The first-order valence-corrected chi connectivity index (χ1v) is 7.35. The zero-order valence-electron chi connectivity index (χ0n) is 11.0. The molecule has 0 saturated carbocycles. The van der Waals surface area contributed by atoms with Gasteiger partial charge in [0.15, 0.2) is 5.13 Å². The zero-order valence-corrected chi connectivity index (χ0v) is 11.8. The molecule has 20 heavy (non-hydrogen) atoms. The predicted octanol–water partition coefficient (Wildman–Crippen LogP) is 1.92. The quantitative estimate of drug-likeness (QED) is 0.854. The third-order valence-electron chi connectivity index (χ3n) is 3.45. The van der Waals surface area contributed by atoms with Crippen LogP contribution >= 0.6 is 11.3 Å². The molecular weight excluding hydrogens is 270 g/mol. The van der Waals surface area contributed by atoms with Crippen molar-refractivity contribution in [2.75, 3.05) is 41.7 Å². The topological polar surface area (TPSA) is 69.2 Å². The van der Waals surface area contributed by atoms with Crippen molar-refractivity contribution in [1.82, 2.24) is 4.98 Å². The van der Waals surface area contributed by atoms with Crippen molar-refractivity contribution < 1.29 is 0 Å². The SMILES string of the molecule is N#Cc1cc(N)ccc1N1CCN(c2nccs2)CC1. The molecule has 6 heteroatoms. The van der Waals surface area contributed by atoms with Gasteiger partial charge in [-0.2, -0.15) is 5.26 Å². The van der Waals surface area contributed by atoms with Crippen LogP contribution < -0.4 is 15.5 Å². The van der Waals surface area contributed by atoms with E-state index in [-0.39, 0.29) is 0 Å². The molecule has 102 valence electrons. The molecule has 1 saturated heterocycles. The van der Waals surface area contributed by atoms with Crippen molar-refractivity contribution >= 4 is 27.8 Å². The molecule has 1 aromatic heterocycles. The van der Waals surface area contributed by atoms with Gasteiger partial charge in [0.2, 0.25) is 0 Å². The Morgan fingerprint density at radius 3 is 2.60 bits per heavy atom. The maximum absolute atomic E-state index is 9.22. The lowest BCUT2D eigenvalue weighted by Crippen LogP contribution is -2.46. The third-order valence-corrected chi connectivity index (χ3v) is 4.28. The van der Waals surface area contributed by atoms with E-state index >= 15 is 0 Å². The summed E-state index contributed by atoms with van der Waals surface area (Å²) in [7, 11) is 0. The molecule has 0 spiro atoms. The molecule has 2 N–H and O–H groups in total. The van der Waals surface area contributed by atoms with Crippen molar-refractivity contribution in [3.05, 3.63) is 35.3 Å². The fourth-order valence-corrected chi connectivity index (χ4v) is 3.13. The highest BCUT2D eigenvalue weighted by molar-refractivity contribution is 7.13. The highest BCUT2D eigenvalue weighted by Gasteiger charge is 2.20. The van der Waals surface area contributed by atoms with Crippen molar-refractivity contribution in [1.29, 1.82) is 5.26 Å². The van der Waals surface area contributed by atoms with Gasteiger partial charge in [-0.3, -0.25) is 0 Å². The van der Waals surface area contributed by atoms with E-state index in [1.54, 1.807) is 17.4 Å². The molecule has 3 rings (SSSR count). The first kappa shape index (κ1) is 12.8. The van der Waals surface area contributed by atoms with Crippen molar-refractivity contribution in [2.45, 2.75) is 0 Å². The Bertz CT molecular complexity index is 624. The van der Waals surface area contributed by atoms with Gasteiger partial charge in [-0.1, -0.05) is 0 Å². The van der Waals surface area contributed by atoms with Crippen LogP contribution in [0.4, 0.5) is 16.5 Å². The summed E-state index contributed by atoms with van der Waals surface area (Å²) >= 11 is 1.66. The number of nitrogen functional groups attached to an aromatic ring is 1. The lowest BCUT2D eigenvalue weighted by atomic mass is 10.1. The van der Waals surface area contributed by atoms with Crippen LogP contribution in [0, 0.1) is 11.3 Å². The lowest BCUT2D eigenvalue weighted by molar-refractivity contribution is 0.651. The van der Waals surface area contributed by atoms with E-state index in [1.807, 2.05) is 23.7 Å². The highest BCUT2D eigenvalue weighted by atomic mass is 32.1. The number of thiazole rings is 1. The normalized spacial score (nSPS) is 15.2. The van der Waals surface area contributed by atoms with E-state index < -0.39 is 0 Å². The maximum atomic E-state index is 9.22. The van der Waals surface area contributed by atoms with Crippen molar-refractivity contribution in [3.63, 3.8) is 0 Å². The number of anilines is 3. The first-order chi connectivity index (χ1) is 9.78. The Kier molecular flexibility index (Phi) is 3.44. The molecule has 2 aromatic rings. The molecular formula is C14H15N5S. The van der Waals surface area contributed by atoms with Gasteiger partial charge in [-0.25, -0.2) is 4.98 Å². The van der Waals surface area contributed by atoms with Gasteiger partial charge in [-0.05, 0) is 18.2 Å². The van der Waals surface area contributed by atoms with E-state index in [2.05, 4.69) is 20.9 Å². The van der Waals surface area contributed by atoms with Crippen LogP contribution in [-0.2, 0) is 0 Å². The van der Waals surface area contributed by atoms with Gasteiger partial charge in [0, 0.05) is 43.4 Å². The summed E-state index contributed by atoms with van der Waals surface area (Å²) in [5.74, 6) is 0. The predicted molar refractivity (Wildman–Crippen MR) is 82.1 cm³/mol. The fourth-order valence-electron chi connectivity index (χ4n) is 2.43. The third kappa shape index (κ3) is 2.40. The summed E-state index contributed by atoms with van der Waals surface area (Å²) in [5, 5.41) is 12.3. The number of hydrogen-bond donors (Lipinski definition) is 1. The molecule has 2 heterocycles. The van der Waals surface area contributed by atoms with E-state index in [1.165, 1.54) is 0 Å². The monoisotopic (exact) mass is 285 g/mol. The van der Waals surface area contributed by atoms with Gasteiger partial charge in [-0.15, -0.1) is 11.3 Å². The minimum absolute atomic E-state index is 0.631. The number of aromatic nitrogens is 1. The number of benzene rings is 1. The molecule has 1 fully saturated rings. The largest absolute Gasteiger partial charge is 0.399 e. The number of nitrogens with two attached hydrogens (primary N) is 1. The average Bonchev–Trinajstić information content (AvgIpc) is 3.01. The van der Waals surface area contributed by atoms with Crippen LogP contribution in [0.5, 0.6) is 0 Å². The molecule has 0 atom stereocenters. The Balaban J connectivity index is 1.74. The molecule has 0 unspecified atom stereocenters. The van der Waals surface area contributed by atoms with Crippen LogP contribution in [-0.4, -0.2) is 31.2 Å². The van der Waals surface area contributed by atoms with Crippen molar-refractivity contribution in [3.8, 4) is 6.07 Å². The van der Waals surface area contributed by atoms with Crippen LogP contribution in [0.3, 0.4) is 0 Å². The number of nitriles is 1. The average molecular weight is 285 g/mol. The Morgan fingerprint density at radius 2 is 1.95 bits per heavy atom. The van der Waals surface area contributed by atoms with E-state index in [0.29, 0.717) is 11.3 Å². The molecule has 1 aliphatic heterocycles. The van der Waals surface area contributed by atoms with Crippen LogP contribution in [0.1, 0.15) is 5.56 Å². The summed E-state index contributed by atoms with van der Waals surface area (Å²) in [5.41, 5.74) is 7.98. The minimum atomic E-state index is 0.631. The molecule has 1 aromatic carbocycles. The number of rotatable bonds is 2. The fraction of sp³-hybridized carbons (Fsp3) is 0.286. The molecule has 0 bridgehead atoms. The number of hydrogen-bond acceptors (Lipinski definition) is 6. The molecule has 5 nitrogen and oxygen atoms in total. The number of nitrogens with zero attached hydrogens (tertiary/aromatic N) is 4. The minimum Gasteiger partial charge on any atom is -0.399 e. The van der Waals surface area contributed by atoms with Crippen LogP contribution in [0.2, 0.25) is 0 Å². The lowest BCUT2D eigenvalue weighted by Gasteiger charge is -2.36. The number of piperazine rings is 1. The summed E-state index contributed by atoms with van der Waals surface area (Å²) in [4.78, 5) is 8.86. The Morgan fingerprint density at radius 1 is 1.20 bits per heavy atom. The van der Waals surface area contributed by atoms with Gasteiger partial charge in [0.1, 0.15) is 6.07 Å². The smallest absolute Gasteiger partial charge is 0.185 e. The standard InChI is InChI=1S/C14H15N5S/c15-10-11-9-12(16)1-2-13(11)18-4-6-19(7-5-18)14-17-3-8-20-14/h1-3,8-9H,4-7,16H2.